The third-order valence-electron chi connectivity index (χ3n) is 1.77. The highest BCUT2D eigenvalue weighted by atomic mass is 19.1. The van der Waals surface area contributed by atoms with Gasteiger partial charge in [-0.2, -0.15) is 0 Å². The largest absolute Gasteiger partial charge is 0.490 e. The average Bonchev–Trinajstić information content (AvgIpc) is 2.00. The first-order valence-electron chi connectivity index (χ1n) is 4.56. The highest BCUT2D eigenvalue weighted by molar-refractivity contribution is 5.47. The molecule has 0 saturated heterocycles. The number of ether oxygens (including phenoxy) is 1. The number of anilines is 1. The van der Waals surface area contributed by atoms with Crippen LogP contribution in [0.1, 0.15) is 19.4 Å². The maximum Gasteiger partial charge on any atom is 0.139 e. The molecule has 78 valence electrons. The first kappa shape index (κ1) is 10.8. The SMILES string of the molecule is Cc1cc(N)ccc1OCC(C)(C)F. The molecule has 1 aromatic carbocycles. The van der Waals surface area contributed by atoms with E-state index in [1.165, 1.54) is 13.8 Å². The number of nitrogen functional groups attached to an aromatic ring is 1. The number of rotatable bonds is 3. The van der Waals surface area contributed by atoms with E-state index in [0.717, 1.165) is 5.56 Å². The zero-order chi connectivity index (χ0) is 10.8. The van der Waals surface area contributed by atoms with Crippen molar-refractivity contribution in [3.05, 3.63) is 23.8 Å². The lowest BCUT2D eigenvalue weighted by Crippen LogP contribution is -2.22. The van der Waals surface area contributed by atoms with Gasteiger partial charge in [-0.25, -0.2) is 4.39 Å². The Kier molecular flexibility index (Phi) is 2.99. The second kappa shape index (κ2) is 3.86. The molecule has 0 spiro atoms. The van der Waals surface area contributed by atoms with Gasteiger partial charge >= 0.3 is 0 Å². The highest BCUT2D eigenvalue weighted by Gasteiger charge is 2.16. The topological polar surface area (TPSA) is 35.2 Å². The van der Waals surface area contributed by atoms with Crippen LogP contribution in [0.5, 0.6) is 5.75 Å². The minimum atomic E-state index is -1.31. The van der Waals surface area contributed by atoms with Crippen molar-refractivity contribution in [2.75, 3.05) is 12.3 Å². The molecule has 2 nitrogen and oxygen atoms in total. The summed E-state index contributed by atoms with van der Waals surface area (Å²) in [6.45, 7) is 4.91. The number of hydrogen-bond donors (Lipinski definition) is 1. The molecule has 0 saturated carbocycles. The lowest BCUT2D eigenvalue weighted by Gasteiger charge is -2.16. The Labute approximate surface area is 83.9 Å². The van der Waals surface area contributed by atoms with Crippen molar-refractivity contribution >= 4 is 5.69 Å². The Morgan fingerprint density at radius 3 is 2.57 bits per heavy atom. The predicted molar refractivity (Wildman–Crippen MR) is 56.3 cm³/mol. The van der Waals surface area contributed by atoms with Crippen LogP contribution < -0.4 is 10.5 Å². The highest BCUT2D eigenvalue weighted by Crippen LogP contribution is 2.21. The Morgan fingerprint density at radius 2 is 2.07 bits per heavy atom. The molecule has 1 rings (SSSR count). The van der Waals surface area contributed by atoms with E-state index >= 15 is 0 Å². The molecular weight excluding hydrogens is 181 g/mol. The number of aryl methyl sites for hydroxylation is 1. The molecular formula is C11H16FNO. The molecule has 0 heterocycles. The Hall–Kier alpha value is -1.25. The van der Waals surface area contributed by atoms with E-state index < -0.39 is 5.67 Å². The van der Waals surface area contributed by atoms with Crippen molar-refractivity contribution in [3.8, 4) is 5.75 Å². The number of alkyl halides is 1. The van der Waals surface area contributed by atoms with Crippen molar-refractivity contribution in [3.63, 3.8) is 0 Å². The molecule has 0 unspecified atom stereocenters. The minimum absolute atomic E-state index is 0.0533. The fraction of sp³-hybridized carbons (Fsp3) is 0.455. The summed E-state index contributed by atoms with van der Waals surface area (Å²) in [4.78, 5) is 0. The third kappa shape index (κ3) is 3.24. The number of nitrogens with two attached hydrogens (primary N) is 1. The summed E-state index contributed by atoms with van der Waals surface area (Å²) < 4.78 is 18.5. The Morgan fingerprint density at radius 1 is 1.43 bits per heavy atom. The van der Waals surface area contributed by atoms with E-state index in [-0.39, 0.29) is 6.61 Å². The van der Waals surface area contributed by atoms with Crippen LogP contribution in [0.25, 0.3) is 0 Å². The van der Waals surface area contributed by atoms with E-state index in [1.807, 2.05) is 6.92 Å². The van der Waals surface area contributed by atoms with Gasteiger partial charge in [0.2, 0.25) is 0 Å². The van der Waals surface area contributed by atoms with Gasteiger partial charge in [0.05, 0.1) is 0 Å². The lowest BCUT2D eigenvalue weighted by atomic mass is 10.2. The summed E-state index contributed by atoms with van der Waals surface area (Å²) in [5.41, 5.74) is 5.88. The molecule has 0 aliphatic rings. The van der Waals surface area contributed by atoms with E-state index in [2.05, 4.69) is 0 Å². The van der Waals surface area contributed by atoms with Crippen LogP contribution in [-0.2, 0) is 0 Å². The van der Waals surface area contributed by atoms with Gasteiger partial charge in [-0.1, -0.05) is 0 Å². The van der Waals surface area contributed by atoms with E-state index in [9.17, 15) is 4.39 Å². The first-order chi connectivity index (χ1) is 6.38. The second-order valence-corrected chi connectivity index (χ2v) is 4.03. The van der Waals surface area contributed by atoms with Gasteiger partial charge in [0.15, 0.2) is 0 Å². The van der Waals surface area contributed by atoms with Crippen LogP contribution in [0, 0.1) is 6.92 Å². The third-order valence-corrected chi connectivity index (χ3v) is 1.77. The standard InChI is InChI=1S/C11H16FNO/c1-8-6-9(13)4-5-10(8)14-7-11(2,3)12/h4-6H,7,13H2,1-3H3. The molecule has 0 aromatic heterocycles. The van der Waals surface area contributed by atoms with Gasteiger partial charge in [0, 0.05) is 5.69 Å². The number of halogens is 1. The van der Waals surface area contributed by atoms with Crippen molar-refractivity contribution < 1.29 is 9.13 Å². The fourth-order valence-electron chi connectivity index (χ4n) is 1.08. The summed E-state index contributed by atoms with van der Waals surface area (Å²) in [5, 5.41) is 0. The number of benzene rings is 1. The van der Waals surface area contributed by atoms with Crippen molar-refractivity contribution in [1.82, 2.24) is 0 Å². The van der Waals surface area contributed by atoms with Gasteiger partial charge < -0.3 is 10.5 Å². The maximum absolute atomic E-state index is 13.1. The van der Waals surface area contributed by atoms with E-state index in [4.69, 9.17) is 10.5 Å². The molecule has 0 bridgehead atoms. The van der Waals surface area contributed by atoms with E-state index in [1.54, 1.807) is 18.2 Å². The first-order valence-corrected chi connectivity index (χ1v) is 4.56. The maximum atomic E-state index is 13.1. The minimum Gasteiger partial charge on any atom is -0.490 e. The zero-order valence-electron chi connectivity index (χ0n) is 8.80. The Balaban J connectivity index is 2.68. The summed E-state index contributed by atoms with van der Waals surface area (Å²) in [6, 6.07) is 5.31. The van der Waals surface area contributed by atoms with Crippen LogP contribution in [0.2, 0.25) is 0 Å². The monoisotopic (exact) mass is 197 g/mol. The number of hydrogen-bond acceptors (Lipinski definition) is 2. The molecule has 0 aliphatic carbocycles. The van der Waals surface area contributed by atoms with Crippen molar-refractivity contribution in [2.24, 2.45) is 0 Å². The average molecular weight is 197 g/mol. The lowest BCUT2D eigenvalue weighted by molar-refractivity contribution is 0.120. The molecule has 0 amide bonds. The van der Waals surface area contributed by atoms with Crippen molar-refractivity contribution in [1.29, 1.82) is 0 Å². The molecule has 0 radical (unpaired) electrons. The van der Waals surface area contributed by atoms with Crippen LogP contribution in [0.4, 0.5) is 10.1 Å². The molecule has 0 fully saturated rings. The molecule has 0 aliphatic heterocycles. The van der Waals surface area contributed by atoms with E-state index in [0.29, 0.717) is 11.4 Å². The Bertz CT molecular complexity index is 318. The molecule has 2 N–H and O–H groups in total. The smallest absolute Gasteiger partial charge is 0.139 e. The van der Waals surface area contributed by atoms with Gasteiger partial charge in [-0.3, -0.25) is 0 Å². The van der Waals surface area contributed by atoms with Gasteiger partial charge in [0.1, 0.15) is 18.0 Å². The quantitative estimate of drug-likeness (QED) is 0.756. The van der Waals surface area contributed by atoms with Gasteiger partial charge in [-0.15, -0.1) is 0 Å². The molecule has 0 atom stereocenters. The predicted octanol–water partition coefficient (Wildman–Crippen LogP) is 2.70. The normalized spacial score (nSPS) is 11.4. The van der Waals surface area contributed by atoms with Gasteiger partial charge in [0.25, 0.3) is 0 Å². The van der Waals surface area contributed by atoms with Gasteiger partial charge in [-0.05, 0) is 44.5 Å². The van der Waals surface area contributed by atoms with Crippen LogP contribution in [0.15, 0.2) is 18.2 Å². The summed E-state index contributed by atoms with van der Waals surface area (Å²) in [7, 11) is 0. The summed E-state index contributed by atoms with van der Waals surface area (Å²) in [6.07, 6.45) is 0. The van der Waals surface area contributed by atoms with Crippen LogP contribution in [0.3, 0.4) is 0 Å². The molecule has 14 heavy (non-hydrogen) atoms. The zero-order valence-corrected chi connectivity index (χ0v) is 8.80. The molecule has 1 aromatic rings. The second-order valence-electron chi connectivity index (χ2n) is 4.03. The van der Waals surface area contributed by atoms with Crippen LogP contribution in [-0.4, -0.2) is 12.3 Å². The summed E-state index contributed by atoms with van der Waals surface area (Å²) in [5.74, 6) is 0.685. The van der Waals surface area contributed by atoms with Crippen LogP contribution >= 0.6 is 0 Å². The summed E-state index contributed by atoms with van der Waals surface area (Å²) >= 11 is 0. The van der Waals surface area contributed by atoms with Crippen molar-refractivity contribution in [2.45, 2.75) is 26.4 Å². The molecule has 3 heteroatoms. The fourth-order valence-corrected chi connectivity index (χ4v) is 1.08.